The molecule has 200 valence electrons. The largest absolute Gasteiger partial charge is 0.475 e. The van der Waals surface area contributed by atoms with E-state index in [4.69, 9.17) is 14.5 Å². The van der Waals surface area contributed by atoms with Gasteiger partial charge in [-0.1, -0.05) is 13.3 Å². The van der Waals surface area contributed by atoms with Crippen molar-refractivity contribution in [2.24, 2.45) is 0 Å². The predicted molar refractivity (Wildman–Crippen MR) is 137 cm³/mol. The summed E-state index contributed by atoms with van der Waals surface area (Å²) in [5.41, 5.74) is 1.66. The van der Waals surface area contributed by atoms with Gasteiger partial charge in [0.1, 0.15) is 22.8 Å². The van der Waals surface area contributed by atoms with Crippen LogP contribution in [0.4, 0.5) is 0 Å². The molecule has 12 nitrogen and oxygen atoms in total. The molecule has 37 heavy (non-hydrogen) atoms. The zero-order chi connectivity index (χ0) is 26.0. The number of hydrogen-bond donors (Lipinski definition) is 1. The summed E-state index contributed by atoms with van der Waals surface area (Å²) in [5.74, 6) is 0.373. The van der Waals surface area contributed by atoms with E-state index in [1.165, 1.54) is 16.6 Å². The Morgan fingerprint density at radius 2 is 1.86 bits per heavy atom. The van der Waals surface area contributed by atoms with E-state index in [0.717, 1.165) is 44.5 Å². The molecule has 1 saturated heterocycles. The molecule has 0 radical (unpaired) electrons. The summed E-state index contributed by atoms with van der Waals surface area (Å²) in [7, 11) is -2.24. The summed E-state index contributed by atoms with van der Waals surface area (Å²) in [6.45, 7) is 6.37. The molecule has 0 aliphatic carbocycles. The van der Waals surface area contributed by atoms with Crippen LogP contribution in [0.1, 0.15) is 31.9 Å². The van der Waals surface area contributed by atoms with Crippen LogP contribution in [0.3, 0.4) is 0 Å². The lowest BCUT2D eigenvalue weighted by Crippen LogP contribution is -2.48. The predicted octanol–water partition coefficient (Wildman–Crippen LogP) is 1.26. The fourth-order valence-electron chi connectivity index (χ4n) is 4.87. The fraction of sp³-hybridized carbons (Fsp3) is 0.583. The highest BCUT2D eigenvalue weighted by molar-refractivity contribution is 7.89. The van der Waals surface area contributed by atoms with Gasteiger partial charge in [-0.3, -0.25) is 9.48 Å². The van der Waals surface area contributed by atoms with Crippen molar-refractivity contribution in [2.75, 3.05) is 53.0 Å². The van der Waals surface area contributed by atoms with Gasteiger partial charge in [0.2, 0.25) is 15.9 Å². The minimum Gasteiger partial charge on any atom is -0.475 e. The smallest absolute Gasteiger partial charge is 0.279 e. The number of pyridine rings is 1. The minimum absolute atomic E-state index is 0.0307. The molecule has 0 bridgehead atoms. The Labute approximate surface area is 215 Å². The molecule has 2 aliphatic heterocycles. The number of likely N-dealkylation sites (N-methyl/N-ethyl adjacent to an activating group) is 1. The number of aryl methyl sites for hydroxylation is 2. The van der Waals surface area contributed by atoms with Crippen molar-refractivity contribution in [1.29, 1.82) is 0 Å². The first kappa shape index (κ1) is 25.8. The van der Waals surface area contributed by atoms with Crippen LogP contribution in [0.5, 0.6) is 5.88 Å². The lowest BCUT2D eigenvalue weighted by molar-refractivity contribution is 0.144. The normalized spacial score (nSPS) is 17.6. The number of sulfonamides is 1. The van der Waals surface area contributed by atoms with Gasteiger partial charge in [0, 0.05) is 39.8 Å². The van der Waals surface area contributed by atoms with Crippen molar-refractivity contribution in [3.63, 3.8) is 0 Å². The van der Waals surface area contributed by atoms with Crippen molar-refractivity contribution in [1.82, 2.24) is 33.9 Å². The van der Waals surface area contributed by atoms with Gasteiger partial charge >= 0.3 is 0 Å². The van der Waals surface area contributed by atoms with E-state index in [1.54, 1.807) is 7.11 Å². The van der Waals surface area contributed by atoms with Gasteiger partial charge in [-0.05, 0) is 31.9 Å². The van der Waals surface area contributed by atoms with Crippen LogP contribution in [-0.2, 0) is 27.7 Å². The van der Waals surface area contributed by atoms with E-state index in [-0.39, 0.29) is 34.3 Å². The minimum atomic E-state index is -3.80. The second-order valence-corrected chi connectivity index (χ2v) is 11.2. The SMILES string of the molecule is CCN1CCN(S(=O)(=O)c2cnc(OCCOC)c(-c3nc4c5n(nc4c(=O)[nH]3)CCCCC5)c2)CC1. The number of H-pyrrole nitrogens is 1. The first-order chi connectivity index (χ1) is 17.9. The standard InChI is InChI=1S/C24H33N7O5S/c1-3-29-9-11-30(12-10-29)37(33,34)17-15-18(24(25-16-17)36-14-13-35-2)22-26-20-19-7-5-4-6-8-31(19)28-21(20)23(32)27-22/h15-16H,3-14H2,1-2H3,(H,26,27,32). The molecule has 0 unspecified atom stereocenters. The first-order valence-electron chi connectivity index (χ1n) is 12.8. The van der Waals surface area contributed by atoms with Gasteiger partial charge < -0.3 is 19.4 Å². The Kier molecular flexibility index (Phi) is 7.56. The van der Waals surface area contributed by atoms with Gasteiger partial charge in [-0.2, -0.15) is 9.40 Å². The number of rotatable bonds is 8. The number of hydrogen-bond acceptors (Lipinski definition) is 9. The monoisotopic (exact) mass is 531 g/mol. The third-order valence-electron chi connectivity index (χ3n) is 7.01. The van der Waals surface area contributed by atoms with Crippen molar-refractivity contribution >= 4 is 21.1 Å². The summed E-state index contributed by atoms with van der Waals surface area (Å²) in [4.78, 5) is 27.2. The Hall–Kier alpha value is -2.87. The molecule has 1 N–H and O–H groups in total. The zero-order valence-electron chi connectivity index (χ0n) is 21.3. The number of fused-ring (bicyclic) bond motifs is 3. The van der Waals surface area contributed by atoms with Crippen LogP contribution in [0.2, 0.25) is 0 Å². The molecule has 0 spiro atoms. The molecular weight excluding hydrogens is 498 g/mol. The Morgan fingerprint density at radius 1 is 1.05 bits per heavy atom. The van der Waals surface area contributed by atoms with E-state index in [0.29, 0.717) is 43.9 Å². The highest BCUT2D eigenvalue weighted by Crippen LogP contribution is 2.31. The van der Waals surface area contributed by atoms with Gasteiger partial charge in [0.15, 0.2) is 5.52 Å². The molecule has 13 heteroatoms. The number of aromatic amines is 1. The van der Waals surface area contributed by atoms with Crippen LogP contribution in [0.25, 0.3) is 22.4 Å². The number of methoxy groups -OCH3 is 1. The summed E-state index contributed by atoms with van der Waals surface area (Å²) in [6.07, 6.45) is 5.17. The van der Waals surface area contributed by atoms with Gasteiger partial charge in [0.25, 0.3) is 5.56 Å². The summed E-state index contributed by atoms with van der Waals surface area (Å²) >= 11 is 0. The Bertz CT molecular complexity index is 1430. The second-order valence-electron chi connectivity index (χ2n) is 9.30. The molecule has 1 fully saturated rings. The lowest BCUT2D eigenvalue weighted by Gasteiger charge is -2.33. The van der Waals surface area contributed by atoms with E-state index < -0.39 is 10.0 Å². The van der Waals surface area contributed by atoms with E-state index >= 15 is 0 Å². The van der Waals surface area contributed by atoms with Gasteiger partial charge in [-0.15, -0.1) is 0 Å². The average molecular weight is 532 g/mol. The molecule has 0 saturated carbocycles. The molecule has 0 aromatic carbocycles. The number of nitrogens with zero attached hydrogens (tertiary/aromatic N) is 6. The number of aromatic nitrogens is 5. The molecule has 3 aromatic heterocycles. The first-order valence-corrected chi connectivity index (χ1v) is 14.2. The maximum absolute atomic E-state index is 13.5. The maximum Gasteiger partial charge on any atom is 0.279 e. The summed E-state index contributed by atoms with van der Waals surface area (Å²) in [6, 6.07) is 1.49. The van der Waals surface area contributed by atoms with E-state index in [1.807, 2.05) is 4.68 Å². The lowest BCUT2D eigenvalue weighted by atomic mass is 10.1. The second kappa shape index (κ2) is 10.9. The summed E-state index contributed by atoms with van der Waals surface area (Å²) < 4.78 is 41.2. The molecule has 0 atom stereocenters. The van der Waals surface area contributed by atoms with Crippen LogP contribution in [0, 0.1) is 0 Å². The molecule has 5 rings (SSSR count). The van der Waals surface area contributed by atoms with Crippen LogP contribution < -0.4 is 10.3 Å². The third kappa shape index (κ3) is 5.13. The van der Waals surface area contributed by atoms with Gasteiger partial charge in [0.05, 0.1) is 24.1 Å². The molecule has 2 aliphatic rings. The zero-order valence-corrected chi connectivity index (χ0v) is 22.1. The van der Waals surface area contributed by atoms with Crippen molar-refractivity contribution in [2.45, 2.75) is 44.0 Å². The topological polar surface area (TPSA) is 136 Å². The number of ether oxygens (including phenoxy) is 2. The van der Waals surface area contributed by atoms with Crippen molar-refractivity contribution in [3.8, 4) is 17.3 Å². The van der Waals surface area contributed by atoms with Crippen molar-refractivity contribution < 1.29 is 17.9 Å². The van der Waals surface area contributed by atoms with Crippen LogP contribution in [0.15, 0.2) is 22.0 Å². The quantitative estimate of drug-likeness (QED) is 0.426. The molecular formula is C24H33N7O5S. The highest BCUT2D eigenvalue weighted by Gasteiger charge is 2.30. The van der Waals surface area contributed by atoms with E-state index in [2.05, 4.69) is 26.9 Å². The number of nitrogens with one attached hydrogen (secondary N) is 1. The average Bonchev–Trinajstić information content (AvgIpc) is 3.10. The summed E-state index contributed by atoms with van der Waals surface area (Å²) in [5, 5.41) is 4.50. The van der Waals surface area contributed by atoms with Crippen molar-refractivity contribution in [3.05, 3.63) is 28.3 Å². The Morgan fingerprint density at radius 3 is 2.62 bits per heavy atom. The van der Waals surface area contributed by atoms with Crippen LogP contribution in [-0.4, -0.2) is 95.4 Å². The maximum atomic E-state index is 13.5. The molecule has 0 amide bonds. The Balaban J connectivity index is 1.58. The highest BCUT2D eigenvalue weighted by atomic mass is 32.2. The van der Waals surface area contributed by atoms with Crippen LogP contribution >= 0.6 is 0 Å². The van der Waals surface area contributed by atoms with E-state index in [9.17, 15) is 13.2 Å². The molecule has 5 heterocycles. The molecule has 3 aromatic rings. The van der Waals surface area contributed by atoms with Gasteiger partial charge in [-0.25, -0.2) is 18.4 Å². The third-order valence-corrected chi connectivity index (χ3v) is 8.87. The fourth-order valence-corrected chi connectivity index (χ4v) is 6.27. The number of piperazine rings is 1.